The van der Waals surface area contributed by atoms with Gasteiger partial charge in [-0.25, -0.2) is 0 Å². The zero-order valence-electron chi connectivity index (χ0n) is 7.83. The molecule has 0 spiro atoms. The molecule has 1 heterocycles. The first-order chi connectivity index (χ1) is 7.16. The third-order valence-electron chi connectivity index (χ3n) is 2.10. The number of hydrogen-bond acceptors (Lipinski definition) is 2. The maximum Gasteiger partial charge on any atom is 0.257 e. The lowest BCUT2D eigenvalue weighted by molar-refractivity contribution is -0.115. The Bertz CT molecular complexity index is 460. The fourth-order valence-electron chi connectivity index (χ4n) is 1.30. The number of carbonyl (C=O) groups is 1. The Morgan fingerprint density at radius 3 is 2.47 bits per heavy atom. The topological polar surface area (TPSA) is 55.1 Å². The number of carbonyl (C=O) groups excluding carboxylic acids is 1. The molecule has 0 bridgehead atoms. The minimum absolute atomic E-state index is 0.178. The average molecular weight is 221 g/mol. The van der Waals surface area contributed by atoms with E-state index in [2.05, 4.69) is 5.32 Å². The molecule has 76 valence electrons. The third-order valence-corrected chi connectivity index (χ3v) is 2.35. The van der Waals surface area contributed by atoms with Crippen molar-refractivity contribution in [2.24, 2.45) is 5.73 Å². The number of hydrogen-bond donors (Lipinski definition) is 2. The van der Waals surface area contributed by atoms with Crippen LogP contribution in [0, 0.1) is 0 Å². The Morgan fingerprint density at radius 2 is 1.93 bits per heavy atom. The molecule has 1 aliphatic heterocycles. The fraction of sp³-hybridized carbons (Fsp3) is 0. The SMILES string of the molecule is NC1=CNC(=O)/C1=C\c1ccc(Cl)cc1. The standard InChI is InChI=1S/C11H9ClN2O/c12-8-3-1-7(2-4-8)5-9-10(13)6-14-11(9)15/h1-6H,13H2,(H,14,15)/b9-5-. The Kier molecular flexibility index (Phi) is 2.47. The molecule has 0 aromatic heterocycles. The van der Waals surface area contributed by atoms with Crippen LogP contribution in [0.25, 0.3) is 6.08 Å². The van der Waals surface area contributed by atoms with Gasteiger partial charge in [-0.2, -0.15) is 0 Å². The van der Waals surface area contributed by atoms with Crippen molar-refractivity contribution in [2.45, 2.75) is 0 Å². The van der Waals surface area contributed by atoms with Crippen LogP contribution in [0.3, 0.4) is 0 Å². The van der Waals surface area contributed by atoms with E-state index >= 15 is 0 Å². The smallest absolute Gasteiger partial charge is 0.257 e. The zero-order chi connectivity index (χ0) is 10.8. The number of nitrogens with two attached hydrogens (primary N) is 1. The number of rotatable bonds is 1. The molecule has 0 radical (unpaired) electrons. The molecule has 3 N–H and O–H groups in total. The Morgan fingerprint density at radius 1 is 1.27 bits per heavy atom. The van der Waals surface area contributed by atoms with E-state index in [1.165, 1.54) is 6.20 Å². The summed E-state index contributed by atoms with van der Waals surface area (Å²) in [6, 6.07) is 7.18. The van der Waals surface area contributed by atoms with Gasteiger partial charge in [0.25, 0.3) is 5.91 Å². The van der Waals surface area contributed by atoms with Crippen LogP contribution >= 0.6 is 11.6 Å². The molecule has 0 saturated carbocycles. The number of benzene rings is 1. The monoisotopic (exact) mass is 220 g/mol. The zero-order valence-corrected chi connectivity index (χ0v) is 8.58. The van der Waals surface area contributed by atoms with Crippen LogP contribution in [0.5, 0.6) is 0 Å². The van der Waals surface area contributed by atoms with E-state index < -0.39 is 0 Å². The predicted molar refractivity (Wildman–Crippen MR) is 59.8 cm³/mol. The average Bonchev–Trinajstić information content (AvgIpc) is 2.53. The molecular weight excluding hydrogens is 212 g/mol. The quantitative estimate of drug-likeness (QED) is 0.708. The molecule has 4 heteroatoms. The number of nitrogens with one attached hydrogen (secondary N) is 1. The summed E-state index contributed by atoms with van der Waals surface area (Å²) < 4.78 is 0. The van der Waals surface area contributed by atoms with Gasteiger partial charge in [0.1, 0.15) is 0 Å². The van der Waals surface area contributed by atoms with Crippen molar-refractivity contribution >= 4 is 23.6 Å². The second-order valence-corrected chi connectivity index (χ2v) is 3.62. The summed E-state index contributed by atoms with van der Waals surface area (Å²) in [5.41, 5.74) is 7.46. The van der Waals surface area contributed by atoms with Crippen LogP contribution in [0.4, 0.5) is 0 Å². The number of amides is 1. The van der Waals surface area contributed by atoms with E-state index in [-0.39, 0.29) is 5.91 Å². The first-order valence-corrected chi connectivity index (χ1v) is 4.79. The van der Waals surface area contributed by atoms with Crippen molar-refractivity contribution in [2.75, 3.05) is 0 Å². The van der Waals surface area contributed by atoms with Crippen molar-refractivity contribution < 1.29 is 4.79 Å². The third kappa shape index (κ3) is 2.02. The molecule has 0 saturated heterocycles. The van der Waals surface area contributed by atoms with E-state index in [0.29, 0.717) is 16.3 Å². The summed E-state index contributed by atoms with van der Waals surface area (Å²) in [6.45, 7) is 0. The summed E-state index contributed by atoms with van der Waals surface area (Å²) >= 11 is 5.75. The Balaban J connectivity index is 2.34. The van der Waals surface area contributed by atoms with Gasteiger partial charge in [0.05, 0.1) is 11.3 Å². The molecule has 1 aliphatic rings. The highest BCUT2D eigenvalue weighted by Crippen LogP contribution is 2.16. The molecule has 3 nitrogen and oxygen atoms in total. The minimum atomic E-state index is -0.178. The van der Waals surface area contributed by atoms with Crippen molar-refractivity contribution in [1.82, 2.24) is 5.32 Å². The molecule has 0 atom stereocenters. The Labute approximate surface area is 92.2 Å². The van der Waals surface area contributed by atoms with E-state index in [4.69, 9.17) is 17.3 Å². The maximum atomic E-state index is 11.3. The van der Waals surface area contributed by atoms with E-state index in [0.717, 1.165) is 5.56 Å². The normalized spacial score (nSPS) is 17.8. The predicted octanol–water partition coefficient (Wildman–Crippen LogP) is 1.65. The fourth-order valence-corrected chi connectivity index (χ4v) is 1.43. The lowest BCUT2D eigenvalue weighted by Gasteiger charge is -1.98. The van der Waals surface area contributed by atoms with Crippen molar-refractivity contribution in [3.63, 3.8) is 0 Å². The lowest BCUT2D eigenvalue weighted by Crippen LogP contribution is -2.12. The lowest BCUT2D eigenvalue weighted by atomic mass is 10.1. The van der Waals surface area contributed by atoms with Gasteiger partial charge in [-0.15, -0.1) is 0 Å². The molecule has 0 aliphatic carbocycles. The van der Waals surface area contributed by atoms with Crippen LogP contribution in [0.15, 0.2) is 41.7 Å². The summed E-state index contributed by atoms with van der Waals surface area (Å²) in [6.07, 6.45) is 3.22. The van der Waals surface area contributed by atoms with Crippen LogP contribution in [-0.4, -0.2) is 5.91 Å². The largest absolute Gasteiger partial charge is 0.397 e. The summed E-state index contributed by atoms with van der Waals surface area (Å²) in [4.78, 5) is 11.3. The summed E-state index contributed by atoms with van der Waals surface area (Å²) in [5, 5.41) is 3.19. The minimum Gasteiger partial charge on any atom is -0.397 e. The summed E-state index contributed by atoms with van der Waals surface area (Å²) in [7, 11) is 0. The first kappa shape index (κ1) is 9.80. The molecule has 0 fully saturated rings. The summed E-state index contributed by atoms with van der Waals surface area (Å²) in [5.74, 6) is -0.178. The van der Waals surface area contributed by atoms with Gasteiger partial charge in [0.2, 0.25) is 0 Å². The molecule has 15 heavy (non-hydrogen) atoms. The molecule has 2 rings (SSSR count). The molecule has 1 aromatic carbocycles. The first-order valence-electron chi connectivity index (χ1n) is 4.41. The van der Waals surface area contributed by atoms with Crippen LogP contribution in [0.2, 0.25) is 5.02 Å². The van der Waals surface area contributed by atoms with E-state index in [1.54, 1.807) is 18.2 Å². The van der Waals surface area contributed by atoms with Gasteiger partial charge >= 0.3 is 0 Å². The highest BCUT2D eigenvalue weighted by molar-refractivity contribution is 6.30. The second-order valence-electron chi connectivity index (χ2n) is 3.18. The van der Waals surface area contributed by atoms with Gasteiger partial charge in [0.15, 0.2) is 0 Å². The van der Waals surface area contributed by atoms with Gasteiger partial charge in [-0.05, 0) is 23.8 Å². The molecule has 1 aromatic rings. The van der Waals surface area contributed by atoms with Crippen LogP contribution in [-0.2, 0) is 4.79 Å². The van der Waals surface area contributed by atoms with Gasteiger partial charge < -0.3 is 11.1 Å². The maximum absolute atomic E-state index is 11.3. The van der Waals surface area contributed by atoms with E-state index in [9.17, 15) is 4.79 Å². The molecular formula is C11H9ClN2O. The van der Waals surface area contributed by atoms with Crippen molar-refractivity contribution in [1.29, 1.82) is 0 Å². The van der Waals surface area contributed by atoms with E-state index in [1.807, 2.05) is 12.1 Å². The number of halogens is 1. The van der Waals surface area contributed by atoms with Crippen molar-refractivity contribution in [3.8, 4) is 0 Å². The van der Waals surface area contributed by atoms with Crippen LogP contribution < -0.4 is 11.1 Å². The van der Waals surface area contributed by atoms with Gasteiger partial charge in [0, 0.05) is 11.2 Å². The molecule has 0 unspecified atom stereocenters. The van der Waals surface area contributed by atoms with Crippen LogP contribution in [0.1, 0.15) is 5.56 Å². The van der Waals surface area contributed by atoms with Crippen molar-refractivity contribution in [3.05, 3.63) is 52.3 Å². The highest BCUT2D eigenvalue weighted by Gasteiger charge is 2.17. The van der Waals surface area contributed by atoms with Gasteiger partial charge in [-0.3, -0.25) is 4.79 Å². The molecule has 1 amide bonds. The second kappa shape index (κ2) is 3.79. The van der Waals surface area contributed by atoms with Gasteiger partial charge in [-0.1, -0.05) is 23.7 Å². The Hall–Kier alpha value is -1.74. The highest BCUT2D eigenvalue weighted by atomic mass is 35.5.